The summed E-state index contributed by atoms with van der Waals surface area (Å²) in [4.78, 5) is 14.9. The largest absolute Gasteiger partial charge is 0.368 e. The summed E-state index contributed by atoms with van der Waals surface area (Å²) in [6.45, 7) is 3.23. The molecule has 1 aliphatic heterocycles. The highest BCUT2D eigenvalue weighted by Gasteiger charge is 2.34. The Hall–Kier alpha value is -0.590. The Bertz CT molecular complexity index is 418. The fraction of sp³-hybridized carbons (Fsp3) is 0.571. The zero-order valence-corrected chi connectivity index (χ0v) is 9.35. The Morgan fingerprint density at radius 3 is 2.93 bits per heavy atom. The van der Waals surface area contributed by atoms with Gasteiger partial charge in [0.1, 0.15) is 5.69 Å². The lowest BCUT2D eigenvalue weighted by molar-refractivity contribution is -0.0111. The molecule has 0 saturated carbocycles. The number of thioether (sulfide) groups is 1. The molecule has 14 heavy (non-hydrogen) atoms. The molecule has 0 spiro atoms. The highest BCUT2D eigenvalue weighted by Crippen LogP contribution is 2.31. The van der Waals surface area contributed by atoms with Gasteiger partial charge in [-0.05, 0) is 13.8 Å². The number of aryl methyl sites for hydroxylation is 1. The van der Waals surface area contributed by atoms with E-state index >= 15 is 0 Å². The summed E-state index contributed by atoms with van der Waals surface area (Å²) in [5.74, 6) is 0.482. The zero-order valence-electron chi connectivity index (χ0n) is 7.72. The van der Waals surface area contributed by atoms with E-state index < -0.39 is 5.72 Å². The molecule has 0 amide bonds. The van der Waals surface area contributed by atoms with E-state index in [1.165, 1.54) is 16.4 Å². The van der Waals surface area contributed by atoms with Gasteiger partial charge in [-0.1, -0.05) is 11.8 Å². The second-order valence-electron chi connectivity index (χ2n) is 3.20. The Balaban J connectivity index is 0.000000980. The first-order valence-electron chi connectivity index (χ1n) is 3.84. The van der Waals surface area contributed by atoms with Gasteiger partial charge in [0.2, 0.25) is 0 Å². The van der Waals surface area contributed by atoms with Gasteiger partial charge in [0.05, 0.1) is 5.75 Å². The van der Waals surface area contributed by atoms with Crippen LogP contribution in [-0.4, -0.2) is 25.6 Å². The Labute approximate surface area is 91.0 Å². The predicted octanol–water partition coefficient (Wildman–Crippen LogP) is 0.139. The van der Waals surface area contributed by atoms with Crippen molar-refractivity contribution in [1.29, 1.82) is 0 Å². The van der Waals surface area contributed by atoms with Crippen molar-refractivity contribution in [3.63, 3.8) is 0 Å². The summed E-state index contributed by atoms with van der Waals surface area (Å²) < 4.78 is 1.40. The first kappa shape index (κ1) is 11.5. The normalized spacial score (nSPS) is 24.2. The standard InChI is InChI=1S/C7H9N3O2S.ClH/c1-4-5(11)8-6-10(9-4)7(2,12)3-13-6;/h12H,3H2,1-2H3;1H. The number of hydrogen-bond donors (Lipinski definition) is 1. The molecule has 1 aromatic rings. The first-order valence-corrected chi connectivity index (χ1v) is 4.83. The van der Waals surface area contributed by atoms with E-state index in [4.69, 9.17) is 0 Å². The summed E-state index contributed by atoms with van der Waals surface area (Å²) in [5, 5.41) is 14.3. The lowest BCUT2D eigenvalue weighted by Gasteiger charge is -2.17. The summed E-state index contributed by atoms with van der Waals surface area (Å²) >= 11 is 1.34. The predicted molar refractivity (Wildman–Crippen MR) is 54.9 cm³/mol. The molecule has 0 saturated heterocycles. The number of halogens is 1. The molecule has 0 fully saturated rings. The first-order chi connectivity index (χ1) is 6.00. The van der Waals surface area contributed by atoms with E-state index in [0.29, 0.717) is 16.6 Å². The zero-order chi connectivity index (χ0) is 9.64. The lowest BCUT2D eigenvalue weighted by atomic mass is 10.3. The van der Waals surface area contributed by atoms with Gasteiger partial charge in [0, 0.05) is 0 Å². The topological polar surface area (TPSA) is 68.0 Å². The van der Waals surface area contributed by atoms with Crippen molar-refractivity contribution < 1.29 is 5.11 Å². The maximum absolute atomic E-state index is 11.1. The molecule has 1 aromatic heterocycles. The third-order valence-electron chi connectivity index (χ3n) is 1.87. The maximum Gasteiger partial charge on any atom is 0.295 e. The van der Waals surface area contributed by atoms with Gasteiger partial charge >= 0.3 is 0 Å². The van der Waals surface area contributed by atoms with Crippen molar-refractivity contribution >= 4 is 24.2 Å². The van der Waals surface area contributed by atoms with Crippen LogP contribution in [0, 0.1) is 6.92 Å². The maximum atomic E-state index is 11.1. The summed E-state index contributed by atoms with van der Waals surface area (Å²) in [6, 6.07) is 0. The van der Waals surface area contributed by atoms with Crippen LogP contribution in [0.1, 0.15) is 12.6 Å². The highest BCUT2D eigenvalue weighted by atomic mass is 35.5. The van der Waals surface area contributed by atoms with Crippen molar-refractivity contribution in [2.24, 2.45) is 0 Å². The van der Waals surface area contributed by atoms with Crippen molar-refractivity contribution in [1.82, 2.24) is 14.8 Å². The van der Waals surface area contributed by atoms with Gasteiger partial charge in [-0.25, -0.2) is 4.68 Å². The molecule has 1 unspecified atom stereocenters. The van der Waals surface area contributed by atoms with Crippen LogP contribution in [-0.2, 0) is 5.72 Å². The third kappa shape index (κ3) is 1.65. The second-order valence-corrected chi connectivity index (χ2v) is 4.14. The van der Waals surface area contributed by atoms with Crippen molar-refractivity contribution in [3.05, 3.63) is 16.0 Å². The molecule has 7 heteroatoms. The molecular formula is C7H10ClN3O2S. The molecule has 78 valence electrons. The molecule has 0 radical (unpaired) electrons. The second kappa shape index (κ2) is 3.52. The quantitative estimate of drug-likeness (QED) is 0.693. The van der Waals surface area contributed by atoms with Crippen LogP contribution in [0.25, 0.3) is 0 Å². The molecule has 0 bridgehead atoms. The van der Waals surface area contributed by atoms with Crippen LogP contribution < -0.4 is 5.56 Å². The number of rotatable bonds is 0. The summed E-state index contributed by atoms with van der Waals surface area (Å²) in [6.07, 6.45) is 0. The molecule has 5 nitrogen and oxygen atoms in total. The van der Waals surface area contributed by atoms with E-state index in [9.17, 15) is 9.90 Å². The summed E-state index contributed by atoms with van der Waals surface area (Å²) in [7, 11) is 0. The third-order valence-corrected chi connectivity index (χ3v) is 3.08. The van der Waals surface area contributed by atoms with Crippen LogP contribution in [0.3, 0.4) is 0 Å². The minimum absolute atomic E-state index is 0. The van der Waals surface area contributed by atoms with Crippen LogP contribution in [0.15, 0.2) is 9.95 Å². The lowest BCUT2D eigenvalue weighted by Crippen LogP contribution is -2.33. The van der Waals surface area contributed by atoms with E-state index in [0.717, 1.165) is 0 Å². The van der Waals surface area contributed by atoms with Gasteiger partial charge in [-0.15, -0.1) is 12.4 Å². The number of fused-ring (bicyclic) bond motifs is 1. The highest BCUT2D eigenvalue weighted by molar-refractivity contribution is 7.99. The number of aromatic nitrogens is 3. The SMILES string of the molecule is Cc1nn2c(nc1=O)SCC2(C)O.Cl. The molecule has 1 aliphatic rings. The smallest absolute Gasteiger partial charge is 0.295 e. The van der Waals surface area contributed by atoms with Crippen LogP contribution >= 0.6 is 24.2 Å². The molecule has 1 atom stereocenters. The van der Waals surface area contributed by atoms with Gasteiger partial charge in [0.15, 0.2) is 10.9 Å². The van der Waals surface area contributed by atoms with E-state index in [1.54, 1.807) is 13.8 Å². The van der Waals surface area contributed by atoms with Crippen LogP contribution in [0.4, 0.5) is 0 Å². The fourth-order valence-corrected chi connectivity index (χ4v) is 2.15. The molecule has 2 heterocycles. The van der Waals surface area contributed by atoms with Gasteiger partial charge in [-0.2, -0.15) is 10.1 Å². The van der Waals surface area contributed by atoms with E-state index in [1.807, 2.05) is 0 Å². The number of nitrogens with zero attached hydrogens (tertiary/aromatic N) is 3. The van der Waals surface area contributed by atoms with Crippen molar-refractivity contribution in [3.8, 4) is 0 Å². The monoisotopic (exact) mass is 235 g/mol. The van der Waals surface area contributed by atoms with E-state index in [2.05, 4.69) is 10.1 Å². The fourth-order valence-electron chi connectivity index (χ4n) is 1.12. The molecule has 0 aliphatic carbocycles. The Morgan fingerprint density at radius 1 is 1.64 bits per heavy atom. The molecule has 0 aromatic carbocycles. The minimum atomic E-state index is -1.02. The van der Waals surface area contributed by atoms with Gasteiger partial charge < -0.3 is 5.11 Å². The molecular weight excluding hydrogens is 226 g/mol. The van der Waals surface area contributed by atoms with Crippen LogP contribution in [0.2, 0.25) is 0 Å². The van der Waals surface area contributed by atoms with Crippen molar-refractivity contribution in [2.45, 2.75) is 24.7 Å². The van der Waals surface area contributed by atoms with E-state index in [-0.39, 0.29) is 18.0 Å². The average molecular weight is 236 g/mol. The Kier molecular flexibility index (Phi) is 2.89. The van der Waals surface area contributed by atoms with Gasteiger partial charge in [0.25, 0.3) is 5.56 Å². The number of aliphatic hydroxyl groups is 1. The van der Waals surface area contributed by atoms with Crippen molar-refractivity contribution in [2.75, 3.05) is 5.75 Å². The minimum Gasteiger partial charge on any atom is -0.368 e. The average Bonchev–Trinajstić information content (AvgIpc) is 2.31. The molecule has 2 rings (SSSR count). The van der Waals surface area contributed by atoms with Crippen LogP contribution in [0.5, 0.6) is 0 Å². The Morgan fingerprint density at radius 2 is 2.29 bits per heavy atom. The van der Waals surface area contributed by atoms with Gasteiger partial charge in [-0.3, -0.25) is 4.79 Å². The number of hydrogen-bond acceptors (Lipinski definition) is 5. The summed E-state index contributed by atoms with van der Waals surface area (Å²) in [5.41, 5.74) is -1.03. The molecule has 1 N–H and O–H groups in total.